The van der Waals surface area contributed by atoms with Gasteiger partial charge in [0.15, 0.2) is 0 Å². The van der Waals surface area contributed by atoms with Crippen molar-refractivity contribution in [1.29, 1.82) is 0 Å². The molecule has 0 amide bonds. The van der Waals surface area contributed by atoms with Crippen molar-refractivity contribution in [2.24, 2.45) is 0 Å². The lowest BCUT2D eigenvalue weighted by atomic mass is 10.0. The van der Waals surface area contributed by atoms with Crippen molar-refractivity contribution in [3.05, 3.63) is 0 Å². The maximum absolute atomic E-state index is 3.74. The Morgan fingerprint density at radius 1 is 1.19 bits per heavy atom. The Labute approximate surface area is 101 Å². The van der Waals surface area contributed by atoms with Gasteiger partial charge in [0, 0.05) is 18.1 Å². The van der Waals surface area contributed by atoms with E-state index in [0.29, 0.717) is 12.1 Å². The molecule has 0 spiro atoms. The molecule has 1 unspecified atom stereocenters. The van der Waals surface area contributed by atoms with E-state index in [-0.39, 0.29) is 0 Å². The summed E-state index contributed by atoms with van der Waals surface area (Å²) in [5.41, 5.74) is 0. The van der Waals surface area contributed by atoms with E-state index < -0.39 is 0 Å². The summed E-state index contributed by atoms with van der Waals surface area (Å²) in [6, 6.07) is 2.03. The molecule has 0 saturated carbocycles. The molecule has 1 fully saturated rings. The van der Waals surface area contributed by atoms with Crippen LogP contribution in [-0.4, -0.2) is 37.8 Å². The maximum atomic E-state index is 3.74. The number of rotatable bonds is 7. The molecule has 3 N–H and O–H groups in total. The van der Waals surface area contributed by atoms with Gasteiger partial charge in [-0.15, -0.1) is 0 Å². The van der Waals surface area contributed by atoms with Gasteiger partial charge >= 0.3 is 0 Å². The Morgan fingerprint density at radius 2 is 1.88 bits per heavy atom. The zero-order valence-corrected chi connectivity index (χ0v) is 11.2. The summed E-state index contributed by atoms with van der Waals surface area (Å²) in [5, 5.41) is 10.6. The lowest BCUT2D eigenvalue weighted by Crippen LogP contribution is -2.43. The van der Waals surface area contributed by atoms with Crippen LogP contribution in [0.4, 0.5) is 0 Å². The van der Waals surface area contributed by atoms with Gasteiger partial charge in [0.2, 0.25) is 0 Å². The summed E-state index contributed by atoms with van der Waals surface area (Å²) < 4.78 is 0. The minimum atomic E-state index is 0.618. The summed E-state index contributed by atoms with van der Waals surface area (Å²) in [5.74, 6) is 0. The molecule has 3 nitrogen and oxygen atoms in total. The van der Waals surface area contributed by atoms with Crippen LogP contribution in [0, 0.1) is 0 Å². The fourth-order valence-corrected chi connectivity index (χ4v) is 2.27. The van der Waals surface area contributed by atoms with E-state index in [4.69, 9.17) is 0 Å². The van der Waals surface area contributed by atoms with Gasteiger partial charge < -0.3 is 16.0 Å². The zero-order valence-electron chi connectivity index (χ0n) is 11.2. The first-order valence-corrected chi connectivity index (χ1v) is 6.88. The smallest absolute Gasteiger partial charge is 0.00937 e. The van der Waals surface area contributed by atoms with Crippen molar-refractivity contribution in [2.45, 2.75) is 64.6 Å². The number of hydrogen-bond donors (Lipinski definition) is 3. The van der Waals surface area contributed by atoms with E-state index in [1.165, 1.54) is 38.8 Å². The highest BCUT2D eigenvalue weighted by molar-refractivity contribution is 4.77. The minimum Gasteiger partial charge on any atom is -0.317 e. The summed E-state index contributed by atoms with van der Waals surface area (Å²) in [6.45, 7) is 10.2. The van der Waals surface area contributed by atoms with Crippen molar-refractivity contribution in [2.75, 3.05) is 19.6 Å². The highest BCUT2D eigenvalue weighted by Gasteiger charge is 2.14. The normalized spacial score (nSPS) is 20.2. The molecular weight excluding hydrogens is 198 g/mol. The van der Waals surface area contributed by atoms with Crippen molar-refractivity contribution >= 4 is 0 Å². The molecule has 0 aromatic heterocycles. The molecule has 0 bridgehead atoms. The fraction of sp³-hybridized carbons (Fsp3) is 1.00. The summed E-state index contributed by atoms with van der Waals surface area (Å²) in [4.78, 5) is 0. The molecule has 1 rings (SSSR count). The van der Waals surface area contributed by atoms with Crippen LogP contribution < -0.4 is 16.0 Å². The molecule has 1 saturated heterocycles. The van der Waals surface area contributed by atoms with Gasteiger partial charge in [-0.05, 0) is 52.2 Å². The summed E-state index contributed by atoms with van der Waals surface area (Å²) in [7, 11) is 0. The minimum absolute atomic E-state index is 0.618. The van der Waals surface area contributed by atoms with Crippen LogP contribution in [0.15, 0.2) is 0 Å². The number of hydrogen-bond acceptors (Lipinski definition) is 3. The maximum Gasteiger partial charge on any atom is 0.00937 e. The highest BCUT2D eigenvalue weighted by Crippen LogP contribution is 2.05. The Balaban J connectivity index is 1.99. The van der Waals surface area contributed by atoms with E-state index in [9.17, 15) is 0 Å². The molecule has 1 heterocycles. The predicted molar refractivity (Wildman–Crippen MR) is 70.9 cm³/mol. The first kappa shape index (κ1) is 13.9. The first-order valence-electron chi connectivity index (χ1n) is 6.88. The second-order valence-electron chi connectivity index (χ2n) is 5.34. The van der Waals surface area contributed by atoms with E-state index >= 15 is 0 Å². The third-order valence-corrected chi connectivity index (χ3v) is 3.23. The van der Waals surface area contributed by atoms with Gasteiger partial charge in [-0.2, -0.15) is 0 Å². The van der Waals surface area contributed by atoms with Gasteiger partial charge in [0.25, 0.3) is 0 Å². The quantitative estimate of drug-likeness (QED) is 0.577. The topological polar surface area (TPSA) is 36.1 Å². The van der Waals surface area contributed by atoms with Gasteiger partial charge in [0.1, 0.15) is 0 Å². The van der Waals surface area contributed by atoms with Crippen LogP contribution >= 0.6 is 0 Å². The van der Waals surface area contributed by atoms with E-state index in [1.807, 2.05) is 0 Å². The molecule has 0 aliphatic carbocycles. The Hall–Kier alpha value is -0.120. The van der Waals surface area contributed by atoms with Crippen LogP contribution in [0.1, 0.15) is 46.5 Å². The molecule has 0 aromatic carbocycles. The molecule has 1 aliphatic heterocycles. The molecule has 96 valence electrons. The SMILES string of the molecule is CC(C)NCCCC(C)NC1CCNCC1. The van der Waals surface area contributed by atoms with Crippen LogP contribution in [0.5, 0.6) is 0 Å². The third-order valence-electron chi connectivity index (χ3n) is 3.23. The van der Waals surface area contributed by atoms with Crippen LogP contribution in [-0.2, 0) is 0 Å². The molecule has 3 heteroatoms. The Bertz CT molecular complexity index is 165. The van der Waals surface area contributed by atoms with Gasteiger partial charge in [-0.1, -0.05) is 13.8 Å². The van der Waals surface area contributed by atoms with Crippen LogP contribution in [0.3, 0.4) is 0 Å². The number of piperidine rings is 1. The van der Waals surface area contributed by atoms with Crippen molar-refractivity contribution < 1.29 is 0 Å². The molecule has 1 atom stereocenters. The molecule has 16 heavy (non-hydrogen) atoms. The average Bonchev–Trinajstić information content (AvgIpc) is 2.25. The standard InChI is InChI=1S/C13H29N3/c1-11(2)15-8-4-5-12(3)16-13-6-9-14-10-7-13/h11-16H,4-10H2,1-3H3. The lowest BCUT2D eigenvalue weighted by Gasteiger charge is -2.27. The van der Waals surface area contributed by atoms with E-state index in [0.717, 1.165) is 12.6 Å². The van der Waals surface area contributed by atoms with Crippen LogP contribution in [0.2, 0.25) is 0 Å². The third kappa shape index (κ3) is 6.46. The Kier molecular flexibility index (Phi) is 7.01. The lowest BCUT2D eigenvalue weighted by molar-refractivity contribution is 0.343. The van der Waals surface area contributed by atoms with Crippen LogP contribution in [0.25, 0.3) is 0 Å². The summed E-state index contributed by atoms with van der Waals surface area (Å²) >= 11 is 0. The van der Waals surface area contributed by atoms with Crippen molar-refractivity contribution in [3.8, 4) is 0 Å². The van der Waals surface area contributed by atoms with Crippen molar-refractivity contribution in [3.63, 3.8) is 0 Å². The molecule has 0 radical (unpaired) electrons. The van der Waals surface area contributed by atoms with Gasteiger partial charge in [0.05, 0.1) is 0 Å². The second-order valence-corrected chi connectivity index (χ2v) is 5.34. The summed E-state index contributed by atoms with van der Waals surface area (Å²) in [6.07, 6.45) is 5.13. The zero-order chi connectivity index (χ0) is 11.8. The largest absolute Gasteiger partial charge is 0.317 e. The predicted octanol–water partition coefficient (Wildman–Crippen LogP) is 1.49. The molecule has 1 aliphatic rings. The fourth-order valence-electron chi connectivity index (χ4n) is 2.27. The van der Waals surface area contributed by atoms with E-state index in [2.05, 4.69) is 36.7 Å². The highest BCUT2D eigenvalue weighted by atomic mass is 15.0. The van der Waals surface area contributed by atoms with E-state index in [1.54, 1.807) is 0 Å². The first-order chi connectivity index (χ1) is 7.68. The van der Waals surface area contributed by atoms with Gasteiger partial charge in [-0.3, -0.25) is 0 Å². The molecule has 0 aromatic rings. The van der Waals surface area contributed by atoms with Gasteiger partial charge in [-0.25, -0.2) is 0 Å². The van der Waals surface area contributed by atoms with Crippen molar-refractivity contribution in [1.82, 2.24) is 16.0 Å². The number of nitrogens with one attached hydrogen (secondary N) is 3. The molecular formula is C13H29N3. The monoisotopic (exact) mass is 227 g/mol. The Morgan fingerprint density at radius 3 is 2.50 bits per heavy atom. The second kappa shape index (κ2) is 8.04. The average molecular weight is 227 g/mol.